The van der Waals surface area contributed by atoms with Gasteiger partial charge in [-0.1, -0.05) is 45.0 Å². The molecule has 1 heterocycles. The molecule has 0 fully saturated rings. The van der Waals surface area contributed by atoms with Gasteiger partial charge in [-0.25, -0.2) is 4.98 Å². The molecule has 4 nitrogen and oxygen atoms in total. The van der Waals surface area contributed by atoms with Crippen LogP contribution < -0.4 is 5.73 Å². The van der Waals surface area contributed by atoms with Gasteiger partial charge in [0.1, 0.15) is 0 Å². The first-order valence-corrected chi connectivity index (χ1v) is 8.41. The summed E-state index contributed by atoms with van der Waals surface area (Å²) in [6.45, 7) is 0. The van der Waals surface area contributed by atoms with Crippen LogP contribution in [0, 0.1) is 0 Å². The Morgan fingerprint density at radius 2 is 2.10 bits per heavy atom. The van der Waals surface area contributed by atoms with Crippen LogP contribution in [-0.4, -0.2) is 16.0 Å². The normalized spacial score (nSPS) is 12.0. The summed E-state index contributed by atoms with van der Waals surface area (Å²) in [4.78, 5) is 5.47. The first kappa shape index (κ1) is 14.4. The summed E-state index contributed by atoms with van der Waals surface area (Å²) in [6, 6.07) is 13.6. The summed E-state index contributed by atoms with van der Waals surface area (Å²) < 4.78 is 2.99. The molecule has 0 aliphatic rings. The molecule has 0 unspecified atom stereocenters. The number of nitrogens with zero attached hydrogens (tertiary/aromatic N) is 2. The van der Waals surface area contributed by atoms with Gasteiger partial charge in [-0.05, 0) is 30.3 Å². The smallest absolute Gasteiger partial charge is 0.171 e. The largest absolute Gasteiger partial charge is 0.409 e. The summed E-state index contributed by atoms with van der Waals surface area (Å²) in [6.07, 6.45) is 0. The Balaban J connectivity index is 2.02. The number of oxime groups is 1. The molecule has 0 amide bonds. The minimum Gasteiger partial charge on any atom is -0.409 e. The van der Waals surface area contributed by atoms with Gasteiger partial charge in [-0.15, -0.1) is 11.3 Å². The summed E-state index contributed by atoms with van der Waals surface area (Å²) >= 11 is 6.56. The molecule has 0 spiro atoms. The molecular formula is C14H10BrN3OS2. The first-order valence-electron chi connectivity index (χ1n) is 5.98. The van der Waals surface area contributed by atoms with Crippen molar-refractivity contribution in [2.24, 2.45) is 10.9 Å². The van der Waals surface area contributed by atoms with E-state index in [1.807, 2.05) is 42.5 Å². The van der Waals surface area contributed by atoms with E-state index in [2.05, 4.69) is 26.1 Å². The highest BCUT2D eigenvalue weighted by molar-refractivity contribution is 9.10. The molecule has 3 N–H and O–H groups in total. The Kier molecular flexibility index (Phi) is 4.14. The van der Waals surface area contributed by atoms with Crippen LogP contribution in [0.15, 0.2) is 61.3 Å². The lowest BCUT2D eigenvalue weighted by Crippen LogP contribution is -2.14. The van der Waals surface area contributed by atoms with Crippen LogP contribution in [0.5, 0.6) is 0 Å². The van der Waals surface area contributed by atoms with Crippen LogP contribution in [0.4, 0.5) is 0 Å². The SMILES string of the molecule is N/C(=N/O)c1ccc(Br)cc1Sc1nc2ccccc2s1. The van der Waals surface area contributed by atoms with Gasteiger partial charge in [0, 0.05) is 14.9 Å². The predicted octanol–water partition coefficient (Wildman–Crippen LogP) is 4.30. The second kappa shape index (κ2) is 6.05. The number of hydrogen-bond donors (Lipinski definition) is 2. The molecule has 3 rings (SSSR count). The Hall–Kier alpha value is -1.57. The number of nitrogens with two attached hydrogens (primary N) is 1. The van der Waals surface area contributed by atoms with Crippen LogP contribution in [0.1, 0.15) is 5.56 Å². The molecule has 0 bridgehead atoms. The lowest BCUT2D eigenvalue weighted by atomic mass is 10.2. The Bertz CT molecular complexity index is 799. The average Bonchev–Trinajstić information content (AvgIpc) is 2.89. The van der Waals surface area contributed by atoms with E-state index >= 15 is 0 Å². The van der Waals surface area contributed by atoms with Gasteiger partial charge >= 0.3 is 0 Å². The Morgan fingerprint density at radius 3 is 2.86 bits per heavy atom. The molecule has 106 valence electrons. The highest BCUT2D eigenvalue weighted by Crippen LogP contribution is 2.37. The summed E-state index contributed by atoms with van der Waals surface area (Å²) in [7, 11) is 0. The zero-order valence-electron chi connectivity index (χ0n) is 10.7. The van der Waals surface area contributed by atoms with Gasteiger partial charge in [-0.2, -0.15) is 0 Å². The van der Waals surface area contributed by atoms with E-state index in [0.717, 1.165) is 23.9 Å². The van der Waals surface area contributed by atoms with Crippen LogP contribution in [-0.2, 0) is 0 Å². The van der Waals surface area contributed by atoms with E-state index < -0.39 is 0 Å². The van der Waals surface area contributed by atoms with Crippen LogP contribution in [0.25, 0.3) is 10.2 Å². The standard InChI is InChI=1S/C14H10BrN3OS2/c15-8-5-6-9(13(16)18-19)12(7-8)21-14-17-10-3-1-2-4-11(10)20-14/h1-7,19H,(H2,16,18). The number of rotatable bonds is 3. The maximum Gasteiger partial charge on any atom is 0.171 e. The van der Waals surface area contributed by atoms with Crippen LogP contribution >= 0.6 is 39.0 Å². The van der Waals surface area contributed by atoms with Crippen LogP contribution in [0.3, 0.4) is 0 Å². The molecule has 0 radical (unpaired) electrons. The van der Waals surface area contributed by atoms with Crippen molar-refractivity contribution < 1.29 is 5.21 Å². The first-order chi connectivity index (χ1) is 10.2. The molecule has 7 heteroatoms. The molecule has 1 aromatic heterocycles. The third-order valence-corrected chi connectivity index (χ3v) is 5.45. The van der Waals surface area contributed by atoms with E-state index in [9.17, 15) is 0 Å². The van der Waals surface area contributed by atoms with Crippen molar-refractivity contribution in [3.8, 4) is 0 Å². The van der Waals surface area contributed by atoms with Gasteiger partial charge in [-0.3, -0.25) is 0 Å². The Morgan fingerprint density at radius 1 is 1.29 bits per heavy atom. The fourth-order valence-corrected chi connectivity index (χ4v) is 4.55. The molecule has 0 aliphatic heterocycles. The van der Waals surface area contributed by atoms with Gasteiger partial charge in [0.15, 0.2) is 10.2 Å². The number of para-hydroxylation sites is 1. The quantitative estimate of drug-likeness (QED) is 0.308. The van der Waals surface area contributed by atoms with Crippen molar-refractivity contribution in [3.05, 3.63) is 52.5 Å². The monoisotopic (exact) mass is 379 g/mol. The molecule has 0 aliphatic carbocycles. The minimum atomic E-state index is 0.0890. The number of amidine groups is 1. The molecule has 0 saturated carbocycles. The van der Waals surface area contributed by atoms with Gasteiger partial charge in [0.05, 0.1) is 10.2 Å². The summed E-state index contributed by atoms with van der Waals surface area (Å²) in [5.41, 5.74) is 7.39. The van der Waals surface area contributed by atoms with E-state index in [0.29, 0.717) is 5.56 Å². The maximum absolute atomic E-state index is 8.89. The summed E-state index contributed by atoms with van der Waals surface area (Å²) in [5, 5.41) is 12.0. The van der Waals surface area contributed by atoms with Crippen LogP contribution in [0.2, 0.25) is 0 Å². The second-order valence-electron chi connectivity index (χ2n) is 4.18. The Labute approximate surface area is 137 Å². The van der Waals surface area contributed by atoms with Crippen molar-refractivity contribution in [3.63, 3.8) is 0 Å². The van der Waals surface area contributed by atoms with E-state index in [1.165, 1.54) is 11.8 Å². The predicted molar refractivity (Wildman–Crippen MR) is 90.4 cm³/mol. The second-order valence-corrected chi connectivity index (χ2v) is 7.41. The number of fused-ring (bicyclic) bond motifs is 1. The van der Waals surface area contributed by atoms with Crippen molar-refractivity contribution in [2.45, 2.75) is 9.24 Å². The van der Waals surface area contributed by atoms with Gasteiger partial charge in [0.2, 0.25) is 0 Å². The third-order valence-electron chi connectivity index (χ3n) is 2.80. The molecule has 21 heavy (non-hydrogen) atoms. The highest BCUT2D eigenvalue weighted by atomic mass is 79.9. The molecule has 3 aromatic rings. The summed E-state index contributed by atoms with van der Waals surface area (Å²) in [5.74, 6) is 0.0890. The fourth-order valence-electron chi connectivity index (χ4n) is 1.83. The number of halogens is 1. The number of thiazole rings is 1. The zero-order chi connectivity index (χ0) is 14.8. The molecular weight excluding hydrogens is 370 g/mol. The number of benzene rings is 2. The van der Waals surface area contributed by atoms with E-state index in [4.69, 9.17) is 10.9 Å². The fraction of sp³-hybridized carbons (Fsp3) is 0. The third kappa shape index (κ3) is 3.04. The maximum atomic E-state index is 8.89. The van der Waals surface area contributed by atoms with Crippen molar-refractivity contribution in [2.75, 3.05) is 0 Å². The zero-order valence-corrected chi connectivity index (χ0v) is 13.9. The van der Waals surface area contributed by atoms with E-state index in [1.54, 1.807) is 11.3 Å². The van der Waals surface area contributed by atoms with Crippen molar-refractivity contribution in [1.82, 2.24) is 4.98 Å². The lowest BCUT2D eigenvalue weighted by molar-refractivity contribution is 0.318. The highest BCUT2D eigenvalue weighted by Gasteiger charge is 2.12. The van der Waals surface area contributed by atoms with E-state index in [-0.39, 0.29) is 5.84 Å². The molecule has 0 atom stereocenters. The molecule has 0 saturated heterocycles. The topological polar surface area (TPSA) is 71.5 Å². The van der Waals surface area contributed by atoms with Gasteiger partial charge in [0.25, 0.3) is 0 Å². The van der Waals surface area contributed by atoms with Crippen molar-refractivity contribution >= 4 is 55.1 Å². The minimum absolute atomic E-state index is 0.0890. The lowest BCUT2D eigenvalue weighted by Gasteiger charge is -2.06. The molecule has 2 aromatic carbocycles. The van der Waals surface area contributed by atoms with Crippen molar-refractivity contribution in [1.29, 1.82) is 0 Å². The average molecular weight is 380 g/mol. The van der Waals surface area contributed by atoms with Gasteiger partial charge < -0.3 is 10.9 Å². The number of hydrogen-bond acceptors (Lipinski definition) is 5. The number of aromatic nitrogens is 1.